The van der Waals surface area contributed by atoms with Crippen molar-refractivity contribution in [1.29, 1.82) is 0 Å². The lowest BCUT2D eigenvalue weighted by atomic mass is 9.49. The molecule has 0 aromatic heterocycles. The molecule has 11 heteroatoms. The number of ether oxygens (including phenoxy) is 1. The zero-order valence-corrected chi connectivity index (χ0v) is 28.0. The summed E-state index contributed by atoms with van der Waals surface area (Å²) in [4.78, 5) is 72.7. The van der Waals surface area contributed by atoms with Crippen LogP contribution in [-0.2, 0) is 24.6 Å². The minimum absolute atomic E-state index is 0.0623. The van der Waals surface area contributed by atoms with E-state index in [0.717, 1.165) is 9.80 Å². The molecule has 10 nitrogen and oxygen atoms in total. The molecule has 4 aliphatic rings. The van der Waals surface area contributed by atoms with E-state index in [1.165, 1.54) is 37.4 Å². The molecular weight excluding hydrogens is 672 g/mol. The van der Waals surface area contributed by atoms with Crippen LogP contribution in [-0.4, -0.2) is 46.9 Å². The highest BCUT2D eigenvalue weighted by molar-refractivity contribution is 6.32. The average Bonchev–Trinajstić information content (AvgIpc) is 3.53. The Morgan fingerprint density at radius 1 is 0.824 bits per heavy atom. The number of nitrogens with zero attached hydrogens (tertiary/aromatic N) is 2. The number of halogens is 1. The number of aromatic hydroxyl groups is 1. The van der Waals surface area contributed by atoms with Crippen molar-refractivity contribution >= 4 is 52.6 Å². The van der Waals surface area contributed by atoms with Gasteiger partial charge in [0, 0.05) is 16.5 Å². The van der Waals surface area contributed by atoms with Crippen LogP contribution in [0.5, 0.6) is 11.5 Å². The van der Waals surface area contributed by atoms with Crippen molar-refractivity contribution < 1.29 is 38.9 Å². The summed E-state index contributed by atoms with van der Waals surface area (Å²) in [7, 11) is 1.49. The van der Waals surface area contributed by atoms with Crippen molar-refractivity contribution in [3.05, 3.63) is 130 Å². The van der Waals surface area contributed by atoms with Gasteiger partial charge in [0.15, 0.2) is 0 Å². The number of carbonyl (C=O) groups excluding carboxylic acids is 4. The minimum Gasteiger partial charge on any atom is -0.508 e. The summed E-state index contributed by atoms with van der Waals surface area (Å²) >= 11 is 6.37. The molecule has 6 atom stereocenters. The number of fused-ring (bicyclic) bond motifs is 4. The maximum absolute atomic E-state index is 15.3. The number of imide groups is 2. The third-order valence-corrected chi connectivity index (χ3v) is 11.3. The van der Waals surface area contributed by atoms with Gasteiger partial charge in [0.25, 0.3) is 0 Å². The quantitative estimate of drug-likeness (QED) is 0.181. The zero-order chi connectivity index (χ0) is 35.8. The van der Waals surface area contributed by atoms with Gasteiger partial charge in [-0.15, -0.1) is 0 Å². The van der Waals surface area contributed by atoms with Gasteiger partial charge in [0.2, 0.25) is 23.6 Å². The molecule has 2 saturated heterocycles. The van der Waals surface area contributed by atoms with Crippen molar-refractivity contribution in [2.45, 2.75) is 24.2 Å². The van der Waals surface area contributed by atoms with E-state index in [1.54, 1.807) is 60.7 Å². The Labute approximate surface area is 297 Å². The number of aromatic carboxylic acids is 1. The van der Waals surface area contributed by atoms with Gasteiger partial charge >= 0.3 is 5.97 Å². The van der Waals surface area contributed by atoms with Gasteiger partial charge in [-0.3, -0.25) is 24.1 Å². The number of anilines is 2. The van der Waals surface area contributed by atoms with Gasteiger partial charge < -0.3 is 14.9 Å². The Morgan fingerprint density at radius 2 is 1.55 bits per heavy atom. The fourth-order valence-electron chi connectivity index (χ4n) is 9.01. The summed E-state index contributed by atoms with van der Waals surface area (Å²) in [5.41, 5.74) is 0.370. The van der Waals surface area contributed by atoms with E-state index >= 15 is 4.79 Å². The Morgan fingerprint density at radius 3 is 2.25 bits per heavy atom. The SMILES string of the molecule is COc1ccc(O)c([C@H]2C3=CC[C@@H]4C(=O)N(c5cccc(C(=O)O)c5)C(=O)[C@@H]4[C@@H]3C[C@H]3C(=O)N(c4cccc(Cl)c4)C(=O)[C@@]23c2ccccc2)c1. The highest BCUT2D eigenvalue weighted by Gasteiger charge is 2.70. The topological polar surface area (TPSA) is 142 Å². The molecule has 4 aromatic rings. The lowest BCUT2D eigenvalue weighted by molar-refractivity contribution is -0.127. The molecule has 0 unspecified atom stereocenters. The third kappa shape index (κ3) is 4.66. The summed E-state index contributed by atoms with van der Waals surface area (Å²) in [6, 6.07) is 25.9. The number of hydrogen-bond donors (Lipinski definition) is 2. The molecule has 2 aliphatic heterocycles. The molecular formula is C40H31ClN2O8. The van der Waals surface area contributed by atoms with Gasteiger partial charge in [0.05, 0.1) is 47.2 Å². The molecule has 51 heavy (non-hydrogen) atoms. The van der Waals surface area contributed by atoms with Crippen molar-refractivity contribution in [3.63, 3.8) is 0 Å². The molecule has 2 heterocycles. The van der Waals surface area contributed by atoms with Gasteiger partial charge in [0.1, 0.15) is 11.5 Å². The number of phenolic OH excluding ortho intramolecular Hbond substituents is 1. The average molecular weight is 703 g/mol. The molecule has 1 saturated carbocycles. The van der Waals surface area contributed by atoms with Crippen LogP contribution in [0.25, 0.3) is 0 Å². The molecule has 2 N–H and O–H groups in total. The van der Waals surface area contributed by atoms with Gasteiger partial charge in [-0.1, -0.05) is 65.7 Å². The van der Waals surface area contributed by atoms with E-state index in [2.05, 4.69) is 0 Å². The van der Waals surface area contributed by atoms with E-state index in [0.29, 0.717) is 33.2 Å². The molecule has 0 bridgehead atoms. The van der Waals surface area contributed by atoms with E-state index < -0.39 is 64.6 Å². The molecule has 256 valence electrons. The second-order valence-electron chi connectivity index (χ2n) is 13.4. The highest BCUT2D eigenvalue weighted by atomic mass is 35.5. The standard InChI is InChI=1S/C40H31ClN2O8/c1-51-26-13-16-32(44)30(19-26)34-27-14-15-28-33(37(47)42(35(28)45)24-11-5-7-21(17-24)38(48)49)29(27)20-31-36(46)43(25-12-6-10-23(41)18-25)39(50)40(31,34)22-8-3-2-4-9-22/h2-14,16-19,28-29,31,33-34,44H,15,20H2,1H3,(H,48,49)/t28-,29+,31-,33-,34+,40+/m0/s1. The second kappa shape index (κ2) is 11.9. The van der Waals surface area contributed by atoms with Crippen LogP contribution < -0.4 is 14.5 Å². The monoisotopic (exact) mass is 702 g/mol. The predicted molar refractivity (Wildman–Crippen MR) is 187 cm³/mol. The van der Waals surface area contributed by atoms with Crippen molar-refractivity contribution in [1.82, 2.24) is 0 Å². The fraction of sp³-hybridized carbons (Fsp3) is 0.225. The van der Waals surface area contributed by atoms with E-state index in [-0.39, 0.29) is 29.8 Å². The number of methoxy groups -OCH3 is 1. The number of allylic oxidation sites excluding steroid dienone is 2. The lowest BCUT2D eigenvalue weighted by Gasteiger charge is -2.50. The molecule has 4 amide bonds. The van der Waals surface area contributed by atoms with Crippen molar-refractivity contribution in [2.75, 3.05) is 16.9 Å². The lowest BCUT2D eigenvalue weighted by Crippen LogP contribution is -2.53. The number of carbonyl (C=O) groups is 5. The Hall–Kier alpha value is -5.74. The molecule has 2 aliphatic carbocycles. The maximum atomic E-state index is 15.3. The number of amides is 4. The first-order valence-corrected chi connectivity index (χ1v) is 16.9. The number of carboxylic acid groups (broad SMARTS) is 1. The van der Waals surface area contributed by atoms with Crippen LogP contribution in [0.15, 0.2) is 109 Å². The van der Waals surface area contributed by atoms with Crippen LogP contribution in [0.1, 0.15) is 40.2 Å². The molecule has 0 spiro atoms. The van der Waals surface area contributed by atoms with Gasteiger partial charge in [-0.2, -0.15) is 0 Å². The van der Waals surface area contributed by atoms with Gasteiger partial charge in [-0.05, 0) is 78.9 Å². The molecule has 0 radical (unpaired) electrons. The summed E-state index contributed by atoms with van der Waals surface area (Å²) in [6.07, 6.45) is 2.11. The Kier molecular flexibility index (Phi) is 7.61. The van der Waals surface area contributed by atoms with Crippen LogP contribution in [0.4, 0.5) is 11.4 Å². The van der Waals surface area contributed by atoms with Gasteiger partial charge in [-0.25, -0.2) is 9.69 Å². The second-order valence-corrected chi connectivity index (χ2v) is 13.8. The molecule has 4 aromatic carbocycles. The summed E-state index contributed by atoms with van der Waals surface area (Å²) in [5.74, 6) is -7.19. The largest absolute Gasteiger partial charge is 0.508 e. The van der Waals surface area contributed by atoms with E-state index in [9.17, 15) is 29.4 Å². The fourth-order valence-corrected chi connectivity index (χ4v) is 9.20. The summed E-state index contributed by atoms with van der Waals surface area (Å²) < 4.78 is 5.57. The first-order valence-electron chi connectivity index (χ1n) is 16.6. The predicted octanol–water partition coefficient (Wildman–Crippen LogP) is 6.12. The highest BCUT2D eigenvalue weighted by Crippen LogP contribution is 2.65. The van der Waals surface area contributed by atoms with Crippen LogP contribution in [0.3, 0.4) is 0 Å². The van der Waals surface area contributed by atoms with Crippen molar-refractivity contribution in [3.8, 4) is 11.5 Å². The number of phenols is 1. The van der Waals surface area contributed by atoms with Crippen LogP contribution >= 0.6 is 11.6 Å². The Balaban J connectivity index is 1.35. The maximum Gasteiger partial charge on any atom is 0.335 e. The third-order valence-electron chi connectivity index (χ3n) is 11.1. The first kappa shape index (κ1) is 32.5. The normalized spacial score (nSPS) is 26.8. The number of carboxylic acids is 1. The van der Waals surface area contributed by atoms with E-state index in [1.807, 2.05) is 12.1 Å². The smallest absolute Gasteiger partial charge is 0.335 e. The molecule has 8 rings (SSSR count). The summed E-state index contributed by atoms with van der Waals surface area (Å²) in [6.45, 7) is 0. The Bertz CT molecular complexity index is 2200. The molecule has 3 fully saturated rings. The number of rotatable bonds is 6. The van der Waals surface area contributed by atoms with Crippen LogP contribution in [0, 0.1) is 23.7 Å². The zero-order valence-electron chi connectivity index (χ0n) is 27.2. The first-order chi connectivity index (χ1) is 24.6. The minimum atomic E-state index is -1.57. The van der Waals surface area contributed by atoms with Crippen molar-refractivity contribution in [2.24, 2.45) is 23.7 Å². The summed E-state index contributed by atoms with van der Waals surface area (Å²) in [5, 5.41) is 21.5. The number of hydrogen-bond acceptors (Lipinski definition) is 7. The number of benzene rings is 4. The van der Waals surface area contributed by atoms with E-state index in [4.69, 9.17) is 16.3 Å². The van der Waals surface area contributed by atoms with Crippen LogP contribution in [0.2, 0.25) is 5.02 Å².